The van der Waals surface area contributed by atoms with Crippen LogP contribution >= 0.6 is 0 Å². The maximum atomic E-state index is 15.0. The number of hydrogen-bond donors (Lipinski definition) is 1. The number of carbonyl (C=O) groups is 1. The van der Waals surface area contributed by atoms with E-state index in [0.717, 1.165) is 32.1 Å². The molecule has 3 heteroatoms. The third-order valence-electron chi connectivity index (χ3n) is 7.64. The number of ketones is 1. The summed E-state index contributed by atoms with van der Waals surface area (Å²) in [5.74, 6) is 2.39. The summed E-state index contributed by atoms with van der Waals surface area (Å²) < 4.78 is 15.0. The van der Waals surface area contributed by atoms with Gasteiger partial charge in [0.15, 0.2) is 0 Å². The van der Waals surface area contributed by atoms with Gasteiger partial charge in [-0.05, 0) is 73.5 Å². The molecule has 0 radical (unpaired) electrons. The van der Waals surface area contributed by atoms with Crippen molar-refractivity contribution in [2.45, 2.75) is 70.6 Å². The molecule has 0 heterocycles. The second-order valence-corrected chi connectivity index (χ2v) is 8.45. The fourth-order valence-corrected chi connectivity index (χ4v) is 6.65. The third kappa shape index (κ3) is 1.95. The highest BCUT2D eigenvalue weighted by Gasteiger charge is 2.60. The lowest BCUT2D eigenvalue weighted by molar-refractivity contribution is -0.136. The summed E-state index contributed by atoms with van der Waals surface area (Å²) in [5, 5.41) is 10.3. The van der Waals surface area contributed by atoms with Crippen LogP contribution in [-0.2, 0) is 4.79 Å². The molecule has 4 saturated carbocycles. The van der Waals surface area contributed by atoms with Gasteiger partial charge in [0, 0.05) is 12.8 Å². The van der Waals surface area contributed by atoms with E-state index in [0.29, 0.717) is 48.7 Å². The normalized spacial score (nSPS) is 56.5. The van der Waals surface area contributed by atoms with Gasteiger partial charge in [-0.1, -0.05) is 6.92 Å². The van der Waals surface area contributed by atoms with Crippen molar-refractivity contribution in [1.82, 2.24) is 0 Å². The SMILES string of the molecule is C[C@]12CC(F)C3C(CC[C@H]4CC(=O)CC[C@H]34)C1CC[C@@H]2O. The highest BCUT2D eigenvalue weighted by atomic mass is 19.1. The number of halogens is 1. The third-order valence-corrected chi connectivity index (χ3v) is 7.64. The average Bonchev–Trinajstić information content (AvgIpc) is 2.74. The molecule has 4 aliphatic rings. The fourth-order valence-electron chi connectivity index (χ4n) is 6.65. The van der Waals surface area contributed by atoms with E-state index in [4.69, 9.17) is 0 Å². The molecule has 8 atom stereocenters. The van der Waals surface area contributed by atoms with E-state index in [9.17, 15) is 9.90 Å². The fraction of sp³-hybridized carbons (Fsp3) is 0.944. The number of carbonyl (C=O) groups excluding carboxylic acids is 1. The molecule has 4 rings (SSSR count). The number of hydrogen-bond acceptors (Lipinski definition) is 2. The van der Waals surface area contributed by atoms with E-state index in [2.05, 4.69) is 6.92 Å². The van der Waals surface area contributed by atoms with Crippen molar-refractivity contribution in [3.8, 4) is 0 Å². The van der Waals surface area contributed by atoms with Crippen molar-refractivity contribution < 1.29 is 14.3 Å². The lowest BCUT2D eigenvalue weighted by atomic mass is 9.50. The van der Waals surface area contributed by atoms with Crippen molar-refractivity contribution in [2.75, 3.05) is 0 Å². The molecule has 0 aromatic heterocycles. The van der Waals surface area contributed by atoms with Crippen molar-refractivity contribution in [1.29, 1.82) is 0 Å². The molecule has 0 spiro atoms. The number of alkyl halides is 1. The Balaban J connectivity index is 1.63. The van der Waals surface area contributed by atoms with Crippen LogP contribution in [0.25, 0.3) is 0 Å². The van der Waals surface area contributed by atoms with E-state index < -0.39 is 6.17 Å². The number of aliphatic hydroxyl groups is 1. The molecule has 4 unspecified atom stereocenters. The minimum atomic E-state index is -0.773. The van der Waals surface area contributed by atoms with Gasteiger partial charge in [0.25, 0.3) is 0 Å². The van der Waals surface area contributed by atoms with Crippen LogP contribution in [0.5, 0.6) is 0 Å². The van der Waals surface area contributed by atoms with Crippen molar-refractivity contribution in [2.24, 2.45) is 35.0 Å². The van der Waals surface area contributed by atoms with Crippen molar-refractivity contribution in [3.05, 3.63) is 0 Å². The molecule has 4 fully saturated rings. The van der Waals surface area contributed by atoms with Gasteiger partial charge in [-0.15, -0.1) is 0 Å². The van der Waals surface area contributed by atoms with Gasteiger partial charge in [0.05, 0.1) is 6.10 Å². The minimum Gasteiger partial charge on any atom is -0.393 e. The van der Waals surface area contributed by atoms with Crippen LogP contribution < -0.4 is 0 Å². The highest BCUT2D eigenvalue weighted by molar-refractivity contribution is 5.79. The van der Waals surface area contributed by atoms with E-state index in [1.54, 1.807) is 0 Å². The van der Waals surface area contributed by atoms with Crippen LogP contribution in [0.4, 0.5) is 4.39 Å². The Labute approximate surface area is 126 Å². The first-order valence-electron chi connectivity index (χ1n) is 8.84. The van der Waals surface area contributed by atoms with Crippen LogP contribution in [0.3, 0.4) is 0 Å². The average molecular weight is 294 g/mol. The van der Waals surface area contributed by atoms with Crippen molar-refractivity contribution in [3.63, 3.8) is 0 Å². The molecule has 0 saturated heterocycles. The van der Waals surface area contributed by atoms with Gasteiger partial charge in [-0.3, -0.25) is 4.79 Å². The number of rotatable bonds is 0. The Bertz CT molecular complexity index is 450. The Morgan fingerprint density at radius 3 is 2.76 bits per heavy atom. The first-order valence-corrected chi connectivity index (χ1v) is 8.84. The Morgan fingerprint density at radius 1 is 1.14 bits per heavy atom. The van der Waals surface area contributed by atoms with Crippen LogP contribution in [0.15, 0.2) is 0 Å². The summed E-state index contributed by atoms with van der Waals surface area (Å²) in [5.41, 5.74) is -0.197. The molecule has 0 aromatic carbocycles. The summed E-state index contributed by atoms with van der Waals surface area (Å²) >= 11 is 0. The Morgan fingerprint density at radius 2 is 1.95 bits per heavy atom. The van der Waals surface area contributed by atoms with Gasteiger partial charge in [0.2, 0.25) is 0 Å². The second-order valence-electron chi connectivity index (χ2n) is 8.45. The Kier molecular flexibility index (Phi) is 3.22. The molecule has 118 valence electrons. The number of aliphatic hydroxyl groups excluding tert-OH is 1. The van der Waals surface area contributed by atoms with Crippen LogP contribution in [-0.4, -0.2) is 23.2 Å². The molecule has 0 aromatic rings. The summed E-state index contributed by atoms with van der Waals surface area (Å²) in [6.45, 7) is 2.12. The molecular weight excluding hydrogens is 267 g/mol. The van der Waals surface area contributed by atoms with E-state index in [1.165, 1.54) is 0 Å². The first-order chi connectivity index (χ1) is 10.0. The molecular formula is C18H27FO2. The molecule has 0 bridgehead atoms. The molecule has 0 amide bonds. The minimum absolute atomic E-state index is 0.167. The van der Waals surface area contributed by atoms with Gasteiger partial charge in [-0.25, -0.2) is 4.39 Å². The Hall–Kier alpha value is -0.440. The maximum absolute atomic E-state index is 15.0. The molecule has 4 aliphatic carbocycles. The van der Waals surface area contributed by atoms with E-state index >= 15 is 4.39 Å². The zero-order valence-corrected chi connectivity index (χ0v) is 12.9. The van der Waals surface area contributed by atoms with Crippen LogP contribution in [0.2, 0.25) is 0 Å². The van der Waals surface area contributed by atoms with E-state index in [1.807, 2.05) is 0 Å². The smallest absolute Gasteiger partial charge is 0.133 e. The highest BCUT2D eigenvalue weighted by Crippen LogP contribution is 2.62. The van der Waals surface area contributed by atoms with Gasteiger partial charge in [0.1, 0.15) is 12.0 Å². The summed E-state index contributed by atoms with van der Waals surface area (Å²) in [6.07, 6.45) is 5.84. The standard InChI is InChI=1S/C18H27FO2/c1-18-9-15(19)17-12-5-3-11(20)8-10(12)2-4-13(17)14(18)6-7-16(18)21/h10,12-17,21H,2-9H2,1H3/t10-,12-,13?,14?,15?,16-,17?,18-/m0/s1. The lowest BCUT2D eigenvalue weighted by Crippen LogP contribution is -2.54. The molecule has 1 N–H and O–H groups in total. The summed E-state index contributed by atoms with van der Waals surface area (Å²) in [7, 11) is 0. The second kappa shape index (κ2) is 4.78. The number of Topliss-reactive ketones (excluding diaryl/α,β-unsaturated/α-hetero) is 1. The van der Waals surface area contributed by atoms with Crippen LogP contribution in [0, 0.1) is 35.0 Å². The monoisotopic (exact) mass is 294 g/mol. The predicted molar refractivity (Wildman–Crippen MR) is 78.4 cm³/mol. The summed E-state index contributed by atoms with van der Waals surface area (Å²) in [4.78, 5) is 11.7. The zero-order valence-electron chi connectivity index (χ0n) is 12.9. The quantitative estimate of drug-likeness (QED) is 0.742. The van der Waals surface area contributed by atoms with E-state index in [-0.39, 0.29) is 17.4 Å². The first kappa shape index (κ1) is 14.2. The summed E-state index contributed by atoms with van der Waals surface area (Å²) in [6, 6.07) is 0. The largest absolute Gasteiger partial charge is 0.393 e. The van der Waals surface area contributed by atoms with Gasteiger partial charge < -0.3 is 5.11 Å². The molecule has 2 nitrogen and oxygen atoms in total. The van der Waals surface area contributed by atoms with Crippen molar-refractivity contribution >= 4 is 5.78 Å². The lowest BCUT2D eigenvalue weighted by Gasteiger charge is -2.56. The molecule has 0 aliphatic heterocycles. The topological polar surface area (TPSA) is 37.3 Å². The predicted octanol–water partition coefficient (Wildman–Crippen LogP) is 3.52. The molecule has 21 heavy (non-hydrogen) atoms. The van der Waals surface area contributed by atoms with Gasteiger partial charge in [-0.2, -0.15) is 0 Å². The van der Waals surface area contributed by atoms with Gasteiger partial charge >= 0.3 is 0 Å². The van der Waals surface area contributed by atoms with Crippen LogP contribution in [0.1, 0.15) is 58.3 Å². The number of fused-ring (bicyclic) bond motifs is 5. The maximum Gasteiger partial charge on any atom is 0.133 e. The zero-order chi connectivity index (χ0) is 14.8.